The van der Waals surface area contributed by atoms with E-state index in [9.17, 15) is 4.79 Å². The molecule has 2 bridgehead atoms. The van der Waals surface area contributed by atoms with Gasteiger partial charge < -0.3 is 10.6 Å². The Kier molecular flexibility index (Phi) is 5.77. The zero-order chi connectivity index (χ0) is 16.4. The molecule has 0 radical (unpaired) electrons. The van der Waals surface area contributed by atoms with Gasteiger partial charge in [0, 0.05) is 29.8 Å². The number of amides is 1. The molecule has 2 aromatic rings. The first-order valence-electron chi connectivity index (χ1n) is 8.98. The lowest BCUT2D eigenvalue weighted by Gasteiger charge is -2.28. The van der Waals surface area contributed by atoms with Gasteiger partial charge in [-0.1, -0.05) is 48.5 Å². The van der Waals surface area contributed by atoms with Crippen LogP contribution in [-0.2, 0) is 4.79 Å². The fourth-order valence-corrected chi connectivity index (χ4v) is 4.27. The Morgan fingerprint density at radius 2 is 1.60 bits per heavy atom. The number of anilines is 1. The molecular weight excluding hydrogens is 332 g/mol. The van der Waals surface area contributed by atoms with Crippen LogP contribution >= 0.6 is 12.4 Å². The third-order valence-electron chi connectivity index (χ3n) is 5.33. The smallest absolute Gasteiger partial charge is 0.224 e. The van der Waals surface area contributed by atoms with Crippen LogP contribution < -0.4 is 10.6 Å². The average Bonchev–Trinajstić information content (AvgIpc) is 2.94. The van der Waals surface area contributed by atoms with Crippen molar-refractivity contribution in [2.24, 2.45) is 5.92 Å². The van der Waals surface area contributed by atoms with Gasteiger partial charge in [0.1, 0.15) is 0 Å². The van der Waals surface area contributed by atoms with Crippen LogP contribution in [0, 0.1) is 5.92 Å². The first-order valence-corrected chi connectivity index (χ1v) is 8.98. The number of hydrogen-bond acceptors (Lipinski definition) is 2. The van der Waals surface area contributed by atoms with Crippen LogP contribution in [0.5, 0.6) is 0 Å². The molecule has 2 atom stereocenters. The molecule has 4 rings (SSSR count). The lowest BCUT2D eigenvalue weighted by atomic mass is 9.89. The summed E-state index contributed by atoms with van der Waals surface area (Å²) in [6.45, 7) is 0. The van der Waals surface area contributed by atoms with Gasteiger partial charge in [-0.15, -0.1) is 12.4 Å². The third-order valence-corrected chi connectivity index (χ3v) is 5.33. The number of halogens is 1. The maximum atomic E-state index is 12.6. The zero-order valence-electron chi connectivity index (χ0n) is 14.3. The van der Waals surface area contributed by atoms with E-state index in [0.717, 1.165) is 29.7 Å². The van der Waals surface area contributed by atoms with Gasteiger partial charge in [0.05, 0.1) is 0 Å². The predicted octanol–water partition coefficient (Wildman–Crippen LogP) is 4.63. The minimum atomic E-state index is 0. The van der Waals surface area contributed by atoms with E-state index in [-0.39, 0.29) is 18.3 Å². The second-order valence-electron chi connectivity index (χ2n) is 7.14. The second-order valence-corrected chi connectivity index (χ2v) is 7.14. The largest absolute Gasteiger partial charge is 0.326 e. The number of piperidine rings is 1. The van der Waals surface area contributed by atoms with Crippen molar-refractivity contribution in [1.29, 1.82) is 0 Å². The van der Waals surface area contributed by atoms with Crippen LogP contribution in [0.25, 0.3) is 11.1 Å². The van der Waals surface area contributed by atoms with Gasteiger partial charge >= 0.3 is 0 Å². The van der Waals surface area contributed by atoms with Crippen molar-refractivity contribution in [3.05, 3.63) is 54.6 Å². The monoisotopic (exact) mass is 356 g/mol. The standard InChI is InChI=1S/C21H24N2O.ClH/c24-21(14-15-12-17-10-11-18(13-15)22-17)23-20-9-5-4-8-19(20)16-6-2-1-3-7-16;/h1-9,15,17-18,22H,10-14H2,(H,23,24);1H. The summed E-state index contributed by atoms with van der Waals surface area (Å²) >= 11 is 0. The van der Waals surface area contributed by atoms with Gasteiger partial charge in [0.25, 0.3) is 0 Å². The van der Waals surface area contributed by atoms with Crippen molar-refractivity contribution in [2.45, 2.75) is 44.2 Å². The summed E-state index contributed by atoms with van der Waals surface area (Å²) in [6.07, 6.45) is 5.48. The van der Waals surface area contributed by atoms with Gasteiger partial charge in [-0.05, 0) is 43.2 Å². The van der Waals surface area contributed by atoms with Gasteiger partial charge in [-0.25, -0.2) is 0 Å². The van der Waals surface area contributed by atoms with Gasteiger partial charge in [0.15, 0.2) is 0 Å². The molecule has 1 amide bonds. The van der Waals surface area contributed by atoms with Crippen molar-refractivity contribution in [1.82, 2.24) is 5.32 Å². The topological polar surface area (TPSA) is 41.1 Å². The van der Waals surface area contributed by atoms with E-state index < -0.39 is 0 Å². The molecule has 0 saturated carbocycles. The molecule has 2 aliphatic heterocycles. The van der Waals surface area contributed by atoms with Crippen molar-refractivity contribution in [3.8, 4) is 11.1 Å². The van der Waals surface area contributed by atoms with Crippen LogP contribution in [0.3, 0.4) is 0 Å². The highest BCUT2D eigenvalue weighted by molar-refractivity contribution is 5.95. The normalized spacial score (nSPS) is 24.4. The maximum absolute atomic E-state index is 12.6. The molecule has 132 valence electrons. The van der Waals surface area contributed by atoms with Crippen LogP contribution in [0.15, 0.2) is 54.6 Å². The Bertz CT molecular complexity index is 707. The highest BCUT2D eigenvalue weighted by Crippen LogP contribution is 2.33. The van der Waals surface area contributed by atoms with Crippen LogP contribution in [0.1, 0.15) is 32.1 Å². The summed E-state index contributed by atoms with van der Waals surface area (Å²) in [5, 5.41) is 6.79. The number of hydrogen-bond donors (Lipinski definition) is 2. The number of para-hydroxylation sites is 1. The SMILES string of the molecule is Cl.O=C(CC1CC2CCC(C1)N2)Nc1ccccc1-c1ccccc1. The molecule has 4 heteroatoms. The molecule has 2 unspecified atom stereocenters. The molecule has 2 N–H and O–H groups in total. The predicted molar refractivity (Wildman–Crippen MR) is 105 cm³/mol. The molecule has 2 aliphatic rings. The first kappa shape index (κ1) is 18.0. The van der Waals surface area contributed by atoms with E-state index in [0.29, 0.717) is 24.4 Å². The summed E-state index contributed by atoms with van der Waals surface area (Å²) in [5.41, 5.74) is 3.12. The van der Waals surface area contributed by atoms with Gasteiger partial charge in [0.2, 0.25) is 5.91 Å². The highest BCUT2D eigenvalue weighted by atomic mass is 35.5. The number of carbonyl (C=O) groups excluding carboxylic acids is 1. The van der Waals surface area contributed by atoms with Crippen molar-refractivity contribution in [2.75, 3.05) is 5.32 Å². The van der Waals surface area contributed by atoms with Crippen molar-refractivity contribution >= 4 is 24.0 Å². The Hall–Kier alpha value is -1.84. The highest BCUT2D eigenvalue weighted by Gasteiger charge is 2.34. The molecule has 2 fully saturated rings. The second kappa shape index (κ2) is 8.03. The van der Waals surface area contributed by atoms with E-state index in [2.05, 4.69) is 28.8 Å². The molecule has 2 saturated heterocycles. The summed E-state index contributed by atoms with van der Waals surface area (Å²) < 4.78 is 0. The minimum Gasteiger partial charge on any atom is -0.326 e. The average molecular weight is 357 g/mol. The Labute approximate surface area is 155 Å². The number of fused-ring (bicyclic) bond motifs is 2. The van der Waals surface area contributed by atoms with Gasteiger partial charge in [-0.3, -0.25) is 4.79 Å². The summed E-state index contributed by atoms with van der Waals surface area (Å²) in [6, 6.07) is 19.5. The van der Waals surface area contributed by atoms with E-state index in [1.807, 2.05) is 36.4 Å². The van der Waals surface area contributed by atoms with Gasteiger partial charge in [-0.2, -0.15) is 0 Å². The van der Waals surface area contributed by atoms with Crippen molar-refractivity contribution in [3.63, 3.8) is 0 Å². The van der Waals surface area contributed by atoms with Crippen LogP contribution in [0.2, 0.25) is 0 Å². The van der Waals surface area contributed by atoms with E-state index in [1.165, 1.54) is 12.8 Å². The Morgan fingerprint density at radius 3 is 2.32 bits per heavy atom. The van der Waals surface area contributed by atoms with E-state index >= 15 is 0 Å². The minimum absolute atomic E-state index is 0. The number of rotatable bonds is 4. The fourth-order valence-electron chi connectivity index (χ4n) is 4.27. The lowest BCUT2D eigenvalue weighted by molar-refractivity contribution is -0.117. The maximum Gasteiger partial charge on any atom is 0.224 e. The molecule has 2 heterocycles. The zero-order valence-corrected chi connectivity index (χ0v) is 15.1. The molecule has 2 aromatic carbocycles. The summed E-state index contributed by atoms with van der Waals surface area (Å²) in [5.74, 6) is 0.664. The van der Waals surface area contributed by atoms with E-state index in [4.69, 9.17) is 0 Å². The Morgan fingerprint density at radius 1 is 0.960 bits per heavy atom. The van der Waals surface area contributed by atoms with Crippen LogP contribution in [-0.4, -0.2) is 18.0 Å². The molecule has 3 nitrogen and oxygen atoms in total. The van der Waals surface area contributed by atoms with E-state index in [1.54, 1.807) is 0 Å². The molecule has 0 aliphatic carbocycles. The number of benzene rings is 2. The third kappa shape index (κ3) is 4.23. The molecule has 0 spiro atoms. The first-order chi connectivity index (χ1) is 11.8. The molecular formula is C21H25ClN2O. The van der Waals surface area contributed by atoms with Crippen molar-refractivity contribution < 1.29 is 4.79 Å². The lowest BCUT2D eigenvalue weighted by Crippen LogP contribution is -2.39. The number of nitrogens with one attached hydrogen (secondary N) is 2. The number of carbonyl (C=O) groups is 1. The van der Waals surface area contributed by atoms with Crippen LogP contribution in [0.4, 0.5) is 5.69 Å². The summed E-state index contributed by atoms with van der Waals surface area (Å²) in [7, 11) is 0. The fraction of sp³-hybridized carbons (Fsp3) is 0.381. The quantitative estimate of drug-likeness (QED) is 0.838. The summed E-state index contributed by atoms with van der Waals surface area (Å²) in [4.78, 5) is 12.6. The Balaban J connectivity index is 0.00000182. The molecule has 0 aromatic heterocycles. The molecule has 25 heavy (non-hydrogen) atoms.